The summed E-state index contributed by atoms with van der Waals surface area (Å²) in [5.41, 5.74) is 1.93. The van der Waals surface area contributed by atoms with Gasteiger partial charge in [-0.25, -0.2) is 9.59 Å². The summed E-state index contributed by atoms with van der Waals surface area (Å²) in [5.74, 6) is 0.179. The molecule has 31 heavy (non-hydrogen) atoms. The Kier molecular flexibility index (Phi) is 6.84. The van der Waals surface area contributed by atoms with Crippen LogP contribution in [-0.4, -0.2) is 35.8 Å². The fourth-order valence-electron chi connectivity index (χ4n) is 3.15. The van der Waals surface area contributed by atoms with E-state index in [1.54, 1.807) is 27.9 Å². The molecule has 0 saturated carbocycles. The number of H-pyrrole nitrogens is 1. The van der Waals surface area contributed by atoms with Gasteiger partial charge in [-0.1, -0.05) is 30.3 Å². The van der Waals surface area contributed by atoms with Gasteiger partial charge in [-0.05, 0) is 50.1 Å². The maximum absolute atomic E-state index is 12.8. The van der Waals surface area contributed by atoms with E-state index in [0.29, 0.717) is 5.75 Å². The van der Waals surface area contributed by atoms with Crippen LogP contribution in [-0.2, 0) is 27.3 Å². The highest BCUT2D eigenvalue weighted by Gasteiger charge is 2.28. The van der Waals surface area contributed by atoms with Crippen molar-refractivity contribution < 1.29 is 23.8 Å². The number of aromatic amines is 1. The van der Waals surface area contributed by atoms with Crippen LogP contribution in [0.15, 0.2) is 54.7 Å². The average Bonchev–Trinajstić information content (AvgIpc) is 3.13. The fourth-order valence-corrected chi connectivity index (χ4v) is 3.15. The molecular formula is C24H28N2O5. The first-order valence-corrected chi connectivity index (χ1v) is 10.1. The van der Waals surface area contributed by atoms with Crippen LogP contribution in [0.1, 0.15) is 31.9 Å². The Labute approximate surface area is 181 Å². The summed E-state index contributed by atoms with van der Waals surface area (Å²) >= 11 is 0. The molecule has 0 radical (unpaired) electrons. The Bertz CT molecular complexity index is 1040. The van der Waals surface area contributed by atoms with Gasteiger partial charge in [0.15, 0.2) is 0 Å². The molecule has 7 nitrogen and oxygen atoms in total. The maximum atomic E-state index is 12.8. The largest absolute Gasteiger partial charge is 0.497 e. The molecule has 3 rings (SSSR count). The molecule has 7 heteroatoms. The Morgan fingerprint density at radius 1 is 1.10 bits per heavy atom. The number of alkyl carbamates (subject to hydrolysis) is 1. The molecule has 1 heterocycles. The molecule has 2 N–H and O–H groups in total. The summed E-state index contributed by atoms with van der Waals surface area (Å²) in [6, 6.07) is 14.1. The van der Waals surface area contributed by atoms with Crippen molar-refractivity contribution in [2.45, 2.75) is 45.4 Å². The molecule has 0 aliphatic carbocycles. The second-order valence-corrected chi connectivity index (χ2v) is 8.22. The number of ether oxygens (including phenoxy) is 3. The molecular weight excluding hydrogens is 396 g/mol. The van der Waals surface area contributed by atoms with Crippen LogP contribution in [0, 0.1) is 0 Å². The standard InChI is InChI=1S/C24H28N2O5/c1-24(2,3)31-22(27)21(26-23(28)30-15-16-8-6-5-7-9-16)12-17-14-25-20-11-10-18(29-4)13-19(17)20/h5-11,13-14,21,25H,12,15H2,1-4H3,(H,26,28)/t21-/m1/s1. The zero-order chi connectivity index (χ0) is 22.4. The fraction of sp³-hybridized carbons (Fsp3) is 0.333. The highest BCUT2D eigenvalue weighted by Crippen LogP contribution is 2.25. The van der Waals surface area contributed by atoms with Crippen LogP contribution in [0.4, 0.5) is 4.79 Å². The molecule has 0 aliphatic rings. The number of rotatable bonds is 7. The first kappa shape index (κ1) is 22.2. The molecule has 1 amide bonds. The van der Waals surface area contributed by atoms with Crippen LogP contribution in [0.3, 0.4) is 0 Å². The smallest absolute Gasteiger partial charge is 0.408 e. The van der Waals surface area contributed by atoms with Crippen LogP contribution in [0.5, 0.6) is 5.75 Å². The molecule has 2 aromatic carbocycles. The van der Waals surface area contributed by atoms with E-state index in [4.69, 9.17) is 14.2 Å². The van der Waals surface area contributed by atoms with Gasteiger partial charge >= 0.3 is 12.1 Å². The number of carbonyl (C=O) groups excluding carboxylic acids is 2. The van der Waals surface area contributed by atoms with Crippen molar-refractivity contribution in [2.24, 2.45) is 0 Å². The molecule has 164 valence electrons. The number of amides is 1. The SMILES string of the molecule is COc1ccc2[nH]cc(C[C@@H](NC(=O)OCc3ccccc3)C(=O)OC(C)(C)C)c2c1. The van der Waals surface area contributed by atoms with Gasteiger partial charge in [-0.3, -0.25) is 0 Å². The summed E-state index contributed by atoms with van der Waals surface area (Å²) in [5, 5.41) is 3.57. The minimum atomic E-state index is -0.910. The summed E-state index contributed by atoms with van der Waals surface area (Å²) in [6.45, 7) is 5.46. The lowest BCUT2D eigenvalue weighted by atomic mass is 10.0. The highest BCUT2D eigenvalue weighted by atomic mass is 16.6. The molecule has 0 aliphatic heterocycles. The van der Waals surface area contributed by atoms with E-state index in [-0.39, 0.29) is 13.0 Å². The third-order valence-corrected chi connectivity index (χ3v) is 4.59. The number of fused-ring (bicyclic) bond motifs is 1. The summed E-state index contributed by atoms with van der Waals surface area (Å²) in [7, 11) is 1.60. The van der Waals surface area contributed by atoms with E-state index in [0.717, 1.165) is 22.0 Å². The number of esters is 1. The molecule has 0 fully saturated rings. The van der Waals surface area contributed by atoms with Gasteiger partial charge in [-0.2, -0.15) is 0 Å². The van der Waals surface area contributed by atoms with Crippen molar-refractivity contribution in [3.63, 3.8) is 0 Å². The predicted octanol–water partition coefficient (Wildman–Crippen LogP) is 4.36. The Hall–Kier alpha value is -3.48. The van der Waals surface area contributed by atoms with E-state index in [1.165, 1.54) is 0 Å². The van der Waals surface area contributed by atoms with Gasteiger partial charge in [0.25, 0.3) is 0 Å². The van der Waals surface area contributed by atoms with Crippen molar-refractivity contribution in [3.05, 3.63) is 65.9 Å². The number of hydrogen-bond donors (Lipinski definition) is 2. The highest BCUT2D eigenvalue weighted by molar-refractivity contribution is 5.87. The Morgan fingerprint density at radius 3 is 2.52 bits per heavy atom. The van der Waals surface area contributed by atoms with Crippen molar-refractivity contribution in [1.29, 1.82) is 0 Å². The van der Waals surface area contributed by atoms with E-state index in [1.807, 2.05) is 54.7 Å². The van der Waals surface area contributed by atoms with Crippen molar-refractivity contribution in [3.8, 4) is 5.75 Å². The third-order valence-electron chi connectivity index (χ3n) is 4.59. The summed E-state index contributed by atoms with van der Waals surface area (Å²) in [4.78, 5) is 28.4. The molecule has 0 spiro atoms. The van der Waals surface area contributed by atoms with Gasteiger partial charge in [0.2, 0.25) is 0 Å². The topological polar surface area (TPSA) is 89.6 Å². The van der Waals surface area contributed by atoms with Crippen LogP contribution in [0.2, 0.25) is 0 Å². The van der Waals surface area contributed by atoms with Crippen LogP contribution < -0.4 is 10.1 Å². The minimum absolute atomic E-state index is 0.109. The summed E-state index contributed by atoms with van der Waals surface area (Å²) < 4.78 is 16.1. The van der Waals surface area contributed by atoms with Gasteiger partial charge in [-0.15, -0.1) is 0 Å². The molecule has 1 aromatic heterocycles. The number of nitrogens with one attached hydrogen (secondary N) is 2. The lowest BCUT2D eigenvalue weighted by Crippen LogP contribution is -2.45. The number of methoxy groups -OCH3 is 1. The minimum Gasteiger partial charge on any atom is -0.497 e. The lowest BCUT2D eigenvalue weighted by molar-refractivity contribution is -0.157. The van der Waals surface area contributed by atoms with Gasteiger partial charge in [0, 0.05) is 23.5 Å². The van der Waals surface area contributed by atoms with Crippen molar-refractivity contribution in [1.82, 2.24) is 10.3 Å². The van der Waals surface area contributed by atoms with Gasteiger partial charge in [0.1, 0.15) is 24.0 Å². The van der Waals surface area contributed by atoms with Crippen LogP contribution in [0.25, 0.3) is 10.9 Å². The lowest BCUT2D eigenvalue weighted by Gasteiger charge is -2.24. The molecule has 0 bridgehead atoms. The second-order valence-electron chi connectivity index (χ2n) is 8.22. The third kappa shape index (κ3) is 6.25. The zero-order valence-corrected chi connectivity index (χ0v) is 18.2. The van der Waals surface area contributed by atoms with Gasteiger partial charge < -0.3 is 24.5 Å². The normalized spacial score (nSPS) is 12.3. The van der Waals surface area contributed by atoms with Crippen LogP contribution >= 0.6 is 0 Å². The first-order valence-electron chi connectivity index (χ1n) is 10.1. The number of aromatic nitrogens is 1. The zero-order valence-electron chi connectivity index (χ0n) is 18.2. The van der Waals surface area contributed by atoms with E-state index < -0.39 is 23.7 Å². The van der Waals surface area contributed by atoms with E-state index >= 15 is 0 Å². The van der Waals surface area contributed by atoms with Gasteiger partial charge in [0.05, 0.1) is 7.11 Å². The molecule has 3 aromatic rings. The second kappa shape index (κ2) is 9.55. The maximum Gasteiger partial charge on any atom is 0.408 e. The van der Waals surface area contributed by atoms with Crippen molar-refractivity contribution in [2.75, 3.05) is 7.11 Å². The van der Waals surface area contributed by atoms with E-state index in [9.17, 15) is 9.59 Å². The monoisotopic (exact) mass is 424 g/mol. The Balaban J connectivity index is 1.76. The summed E-state index contributed by atoms with van der Waals surface area (Å²) in [6.07, 6.45) is 1.37. The first-order chi connectivity index (χ1) is 14.7. The molecule has 0 unspecified atom stereocenters. The number of benzene rings is 2. The van der Waals surface area contributed by atoms with Crippen molar-refractivity contribution >= 4 is 23.0 Å². The molecule has 1 atom stereocenters. The van der Waals surface area contributed by atoms with E-state index in [2.05, 4.69) is 10.3 Å². The quantitative estimate of drug-likeness (QED) is 0.550. The predicted molar refractivity (Wildman–Crippen MR) is 118 cm³/mol. The Morgan fingerprint density at radius 2 is 1.84 bits per heavy atom. The number of hydrogen-bond acceptors (Lipinski definition) is 5. The average molecular weight is 424 g/mol. The number of carbonyl (C=O) groups is 2. The molecule has 0 saturated heterocycles.